The number of nitrogens with zero attached hydrogens (tertiary/aromatic N) is 3. The van der Waals surface area contributed by atoms with Crippen LogP contribution in [0.1, 0.15) is 5.69 Å². The summed E-state index contributed by atoms with van der Waals surface area (Å²) in [5.41, 5.74) is 1.84. The summed E-state index contributed by atoms with van der Waals surface area (Å²) in [6.07, 6.45) is 0. The van der Waals surface area contributed by atoms with E-state index >= 15 is 0 Å². The minimum atomic E-state index is -0.0862. The molecular weight excluding hydrogens is 308 g/mol. The number of nitrogens with one attached hydrogen (secondary N) is 1. The maximum Gasteiger partial charge on any atom is 0.240 e. The summed E-state index contributed by atoms with van der Waals surface area (Å²) in [5, 5.41) is 6.48. The van der Waals surface area contributed by atoms with Gasteiger partial charge in [0, 0.05) is 32.2 Å². The second-order valence-corrected chi connectivity index (χ2v) is 5.82. The number of amides is 1. The third-order valence-electron chi connectivity index (χ3n) is 4.06. The van der Waals surface area contributed by atoms with E-state index in [1.54, 1.807) is 13.2 Å². The zero-order valence-corrected chi connectivity index (χ0v) is 14.0. The second kappa shape index (κ2) is 7.35. The molecule has 0 bridgehead atoms. The number of methoxy groups -OCH3 is 1. The molecule has 1 amide bonds. The topological polar surface area (TPSA) is 70.8 Å². The molecule has 1 aliphatic heterocycles. The molecule has 24 heavy (non-hydrogen) atoms. The summed E-state index contributed by atoms with van der Waals surface area (Å²) >= 11 is 0. The van der Waals surface area contributed by atoms with Gasteiger partial charge in [0.1, 0.15) is 5.75 Å². The first-order valence-electron chi connectivity index (χ1n) is 7.99. The smallest absolute Gasteiger partial charge is 0.240 e. The van der Waals surface area contributed by atoms with Gasteiger partial charge in [0.25, 0.3) is 0 Å². The number of piperazine rings is 1. The maximum absolute atomic E-state index is 12.1. The van der Waals surface area contributed by atoms with E-state index in [2.05, 4.69) is 26.3 Å². The Kier molecular flexibility index (Phi) is 5.00. The van der Waals surface area contributed by atoms with Crippen LogP contribution in [0.3, 0.4) is 0 Å². The molecule has 0 spiro atoms. The molecule has 0 atom stereocenters. The molecule has 1 aromatic carbocycles. The van der Waals surface area contributed by atoms with Crippen molar-refractivity contribution in [1.29, 1.82) is 0 Å². The van der Waals surface area contributed by atoms with Crippen LogP contribution < -0.4 is 15.0 Å². The summed E-state index contributed by atoms with van der Waals surface area (Å²) in [6.45, 7) is 5.52. The molecule has 1 N–H and O–H groups in total. The maximum atomic E-state index is 12.1. The fourth-order valence-electron chi connectivity index (χ4n) is 2.84. The number of ether oxygens (including phenoxy) is 1. The van der Waals surface area contributed by atoms with Crippen molar-refractivity contribution in [3.8, 4) is 5.75 Å². The predicted molar refractivity (Wildman–Crippen MR) is 91.5 cm³/mol. The van der Waals surface area contributed by atoms with Crippen LogP contribution in [0.5, 0.6) is 5.75 Å². The lowest BCUT2D eigenvalue weighted by molar-refractivity contribution is -0.117. The van der Waals surface area contributed by atoms with E-state index in [4.69, 9.17) is 9.26 Å². The van der Waals surface area contributed by atoms with Crippen LogP contribution >= 0.6 is 0 Å². The number of hydrogen-bond donors (Lipinski definition) is 1. The largest absolute Gasteiger partial charge is 0.495 e. The van der Waals surface area contributed by atoms with E-state index in [9.17, 15) is 4.79 Å². The number of benzene rings is 1. The quantitative estimate of drug-likeness (QED) is 0.901. The molecule has 2 aromatic rings. The highest BCUT2D eigenvalue weighted by atomic mass is 16.5. The van der Waals surface area contributed by atoms with E-state index < -0.39 is 0 Å². The molecule has 128 valence electrons. The van der Waals surface area contributed by atoms with Crippen molar-refractivity contribution < 1.29 is 14.1 Å². The van der Waals surface area contributed by atoms with Gasteiger partial charge in [-0.2, -0.15) is 0 Å². The number of hydrogen-bond acceptors (Lipinski definition) is 6. The molecule has 2 heterocycles. The van der Waals surface area contributed by atoms with E-state index in [-0.39, 0.29) is 5.91 Å². The third-order valence-corrected chi connectivity index (χ3v) is 4.06. The second-order valence-electron chi connectivity index (χ2n) is 5.82. The van der Waals surface area contributed by atoms with Gasteiger partial charge in [0.05, 0.1) is 25.0 Å². The molecule has 1 aliphatic rings. The molecule has 3 rings (SSSR count). The monoisotopic (exact) mass is 330 g/mol. The van der Waals surface area contributed by atoms with Crippen LogP contribution in [-0.4, -0.2) is 55.8 Å². The number of aryl methyl sites for hydroxylation is 1. The Morgan fingerprint density at radius 1 is 1.29 bits per heavy atom. The van der Waals surface area contributed by atoms with Gasteiger partial charge in [-0.25, -0.2) is 0 Å². The van der Waals surface area contributed by atoms with Gasteiger partial charge in [0.15, 0.2) is 0 Å². The first kappa shape index (κ1) is 16.3. The van der Waals surface area contributed by atoms with Crippen molar-refractivity contribution in [3.63, 3.8) is 0 Å². The van der Waals surface area contributed by atoms with Gasteiger partial charge in [-0.1, -0.05) is 17.3 Å². The molecule has 0 saturated carbocycles. The summed E-state index contributed by atoms with van der Waals surface area (Å²) in [6, 6.07) is 9.71. The highest BCUT2D eigenvalue weighted by molar-refractivity contribution is 5.91. The first-order valence-corrected chi connectivity index (χ1v) is 7.99. The van der Waals surface area contributed by atoms with Gasteiger partial charge in [-0.3, -0.25) is 15.0 Å². The Balaban J connectivity index is 1.51. The Hall–Kier alpha value is -2.54. The summed E-state index contributed by atoms with van der Waals surface area (Å²) in [4.78, 5) is 16.5. The van der Waals surface area contributed by atoms with Gasteiger partial charge in [-0.15, -0.1) is 0 Å². The van der Waals surface area contributed by atoms with Crippen molar-refractivity contribution in [1.82, 2.24) is 10.1 Å². The lowest BCUT2D eigenvalue weighted by atomic mass is 10.2. The van der Waals surface area contributed by atoms with E-state index in [0.29, 0.717) is 12.4 Å². The Bertz CT molecular complexity index is 693. The van der Waals surface area contributed by atoms with Crippen LogP contribution in [0, 0.1) is 6.92 Å². The molecule has 7 heteroatoms. The van der Waals surface area contributed by atoms with Crippen LogP contribution in [0.15, 0.2) is 34.9 Å². The van der Waals surface area contributed by atoms with Crippen LogP contribution in [-0.2, 0) is 4.79 Å². The summed E-state index contributed by atoms with van der Waals surface area (Å²) in [5.74, 6) is 1.19. The van der Waals surface area contributed by atoms with Crippen molar-refractivity contribution >= 4 is 17.5 Å². The van der Waals surface area contributed by atoms with Crippen LogP contribution in [0.2, 0.25) is 0 Å². The average molecular weight is 330 g/mol. The van der Waals surface area contributed by atoms with Crippen molar-refractivity contribution in [2.24, 2.45) is 0 Å². The van der Waals surface area contributed by atoms with Gasteiger partial charge in [0.2, 0.25) is 11.8 Å². The number of para-hydroxylation sites is 2. The number of aromatic nitrogens is 1. The molecule has 1 saturated heterocycles. The number of anilines is 2. The average Bonchev–Trinajstić information content (AvgIpc) is 3.00. The summed E-state index contributed by atoms with van der Waals surface area (Å²) < 4.78 is 10.4. The minimum Gasteiger partial charge on any atom is -0.495 e. The lowest BCUT2D eigenvalue weighted by Crippen LogP contribution is -2.48. The lowest BCUT2D eigenvalue weighted by Gasteiger charge is -2.36. The third kappa shape index (κ3) is 3.86. The zero-order valence-electron chi connectivity index (χ0n) is 14.0. The Morgan fingerprint density at radius 3 is 2.71 bits per heavy atom. The van der Waals surface area contributed by atoms with Crippen LogP contribution in [0.4, 0.5) is 11.6 Å². The van der Waals surface area contributed by atoms with Crippen molar-refractivity contribution in [2.45, 2.75) is 6.92 Å². The molecule has 0 radical (unpaired) electrons. The highest BCUT2D eigenvalue weighted by Gasteiger charge is 2.21. The SMILES string of the molecule is COc1ccccc1N1CCN(CC(=O)Nc2cc(C)no2)CC1. The van der Waals surface area contributed by atoms with E-state index in [1.807, 2.05) is 25.1 Å². The van der Waals surface area contributed by atoms with E-state index in [0.717, 1.165) is 43.3 Å². The summed E-state index contributed by atoms with van der Waals surface area (Å²) in [7, 11) is 1.69. The van der Waals surface area contributed by atoms with Crippen molar-refractivity contribution in [2.75, 3.05) is 50.1 Å². The molecule has 0 unspecified atom stereocenters. The first-order chi connectivity index (χ1) is 11.7. The fourth-order valence-corrected chi connectivity index (χ4v) is 2.84. The number of carbonyl (C=O) groups excluding carboxylic acids is 1. The Labute approximate surface area is 141 Å². The minimum absolute atomic E-state index is 0.0862. The molecule has 7 nitrogen and oxygen atoms in total. The Morgan fingerprint density at radius 2 is 2.04 bits per heavy atom. The molecule has 1 aromatic heterocycles. The van der Waals surface area contributed by atoms with Gasteiger partial charge >= 0.3 is 0 Å². The number of rotatable bonds is 5. The number of carbonyl (C=O) groups is 1. The van der Waals surface area contributed by atoms with Crippen molar-refractivity contribution in [3.05, 3.63) is 36.0 Å². The van der Waals surface area contributed by atoms with Gasteiger partial charge in [-0.05, 0) is 19.1 Å². The van der Waals surface area contributed by atoms with E-state index in [1.165, 1.54) is 0 Å². The highest BCUT2D eigenvalue weighted by Crippen LogP contribution is 2.28. The van der Waals surface area contributed by atoms with Crippen LogP contribution in [0.25, 0.3) is 0 Å². The fraction of sp³-hybridized carbons (Fsp3) is 0.412. The predicted octanol–water partition coefficient (Wildman–Crippen LogP) is 1.75. The zero-order chi connectivity index (χ0) is 16.9. The molecule has 1 fully saturated rings. The standard InChI is InChI=1S/C17H22N4O3/c1-13-11-17(24-19-13)18-16(22)12-20-7-9-21(10-8-20)14-5-3-4-6-15(14)23-2/h3-6,11H,7-10,12H2,1-2H3,(H,18,22). The molecule has 0 aliphatic carbocycles. The van der Waals surface area contributed by atoms with Gasteiger partial charge < -0.3 is 14.2 Å². The molecular formula is C17H22N4O3. The normalized spacial score (nSPS) is 15.3.